The number of aryl methyl sites for hydroxylation is 1. The number of benzene rings is 1. The summed E-state index contributed by atoms with van der Waals surface area (Å²) < 4.78 is 0. The van der Waals surface area contributed by atoms with E-state index in [4.69, 9.17) is 4.84 Å². The first-order valence-corrected chi connectivity index (χ1v) is 9.34. The molecule has 5 nitrogen and oxygen atoms in total. The van der Waals surface area contributed by atoms with Gasteiger partial charge in [-0.3, -0.25) is 4.79 Å². The summed E-state index contributed by atoms with van der Waals surface area (Å²) in [4.78, 5) is 16.3. The van der Waals surface area contributed by atoms with Crippen LogP contribution in [0.5, 0.6) is 0 Å². The second kappa shape index (κ2) is 10.6. The maximum atomic E-state index is 10.7. The molecule has 0 aliphatic rings. The molecule has 0 aliphatic heterocycles. The zero-order valence-corrected chi connectivity index (χ0v) is 17.5. The predicted molar refractivity (Wildman–Crippen MR) is 114 cm³/mol. The molecule has 5 heteroatoms. The lowest BCUT2D eigenvalue weighted by Crippen LogP contribution is -2.27. The summed E-state index contributed by atoms with van der Waals surface area (Å²) in [5, 5.41) is 10.3. The van der Waals surface area contributed by atoms with Crippen LogP contribution in [-0.2, 0) is 9.63 Å². The van der Waals surface area contributed by atoms with Gasteiger partial charge in [0.1, 0.15) is 0 Å². The van der Waals surface area contributed by atoms with Crippen LogP contribution in [-0.4, -0.2) is 18.7 Å². The van der Waals surface area contributed by atoms with E-state index in [0.717, 1.165) is 36.2 Å². The molecule has 0 fully saturated rings. The number of amides is 1. The van der Waals surface area contributed by atoms with Crippen LogP contribution in [0.3, 0.4) is 0 Å². The van der Waals surface area contributed by atoms with Crippen LogP contribution in [0.1, 0.15) is 58.6 Å². The highest BCUT2D eigenvalue weighted by atomic mass is 16.6. The van der Waals surface area contributed by atoms with Gasteiger partial charge in [0.15, 0.2) is 5.76 Å². The van der Waals surface area contributed by atoms with Gasteiger partial charge in [0, 0.05) is 17.8 Å². The molecule has 148 valence electrons. The van der Waals surface area contributed by atoms with Gasteiger partial charge in [-0.2, -0.15) is 0 Å². The SMILES string of the molecule is C=C(O/N=C(\C)c1cc(NC=O)ccc1C)C(=CCCC)NCC(C)(C)C. The molecule has 0 spiro atoms. The number of anilines is 1. The predicted octanol–water partition coefficient (Wildman–Crippen LogP) is 5.14. The molecular weight excluding hydrogens is 338 g/mol. The highest BCUT2D eigenvalue weighted by Crippen LogP contribution is 2.18. The molecule has 27 heavy (non-hydrogen) atoms. The van der Waals surface area contributed by atoms with Crippen molar-refractivity contribution >= 4 is 17.8 Å². The van der Waals surface area contributed by atoms with Crippen LogP contribution in [0.15, 0.2) is 47.5 Å². The van der Waals surface area contributed by atoms with E-state index in [9.17, 15) is 4.79 Å². The number of unbranched alkanes of at least 4 members (excludes halogenated alkanes) is 1. The Balaban J connectivity index is 2.92. The van der Waals surface area contributed by atoms with Crippen LogP contribution in [0.4, 0.5) is 5.69 Å². The largest absolute Gasteiger partial charge is 0.382 e. The van der Waals surface area contributed by atoms with E-state index >= 15 is 0 Å². The first-order valence-electron chi connectivity index (χ1n) is 9.34. The lowest BCUT2D eigenvalue weighted by molar-refractivity contribution is -0.105. The first kappa shape index (κ1) is 22.5. The first-order chi connectivity index (χ1) is 12.7. The third-order valence-electron chi connectivity index (χ3n) is 3.89. The van der Waals surface area contributed by atoms with Crippen molar-refractivity contribution in [1.29, 1.82) is 0 Å². The Hall–Kier alpha value is -2.56. The number of allylic oxidation sites excluding steroid dienone is 1. The van der Waals surface area contributed by atoms with Crippen LogP contribution >= 0.6 is 0 Å². The highest BCUT2D eigenvalue weighted by molar-refractivity contribution is 6.00. The van der Waals surface area contributed by atoms with Gasteiger partial charge in [-0.25, -0.2) is 0 Å². The van der Waals surface area contributed by atoms with Crippen molar-refractivity contribution in [3.05, 3.63) is 53.4 Å². The number of nitrogens with one attached hydrogen (secondary N) is 2. The van der Waals surface area contributed by atoms with Gasteiger partial charge in [0.2, 0.25) is 6.41 Å². The average Bonchev–Trinajstić information content (AvgIpc) is 2.60. The molecule has 0 aliphatic carbocycles. The Morgan fingerprint density at radius 3 is 2.63 bits per heavy atom. The minimum atomic E-state index is 0.147. The van der Waals surface area contributed by atoms with Crippen molar-refractivity contribution < 1.29 is 9.63 Å². The van der Waals surface area contributed by atoms with E-state index in [1.54, 1.807) is 0 Å². The van der Waals surface area contributed by atoms with E-state index in [-0.39, 0.29) is 5.41 Å². The monoisotopic (exact) mass is 371 g/mol. The van der Waals surface area contributed by atoms with Crippen LogP contribution < -0.4 is 10.6 Å². The van der Waals surface area contributed by atoms with Crippen LogP contribution in [0, 0.1) is 12.3 Å². The van der Waals surface area contributed by atoms with Gasteiger partial charge >= 0.3 is 0 Å². The third-order valence-corrected chi connectivity index (χ3v) is 3.89. The summed E-state index contributed by atoms with van der Waals surface area (Å²) in [7, 11) is 0. The Kier molecular flexibility index (Phi) is 8.79. The molecule has 0 saturated heterocycles. The number of hydrogen-bond donors (Lipinski definition) is 2. The molecule has 0 heterocycles. The zero-order valence-electron chi connectivity index (χ0n) is 17.5. The third kappa shape index (κ3) is 8.11. The minimum Gasteiger partial charge on any atom is -0.382 e. The summed E-state index contributed by atoms with van der Waals surface area (Å²) in [6.07, 6.45) is 4.74. The topological polar surface area (TPSA) is 62.7 Å². The molecule has 1 aromatic carbocycles. The van der Waals surface area contributed by atoms with E-state index < -0.39 is 0 Å². The number of rotatable bonds is 10. The van der Waals surface area contributed by atoms with E-state index in [2.05, 4.69) is 56.1 Å². The standard InChI is InChI=1S/C22H33N3O2/c1-8-9-10-21(23-14-22(5,6)7)18(4)27-25-17(3)20-13-19(24-15-26)12-11-16(20)2/h10-13,15,23H,4,8-9,14H2,1-3,5-7H3,(H,24,26)/b21-10?,25-17+. The zero-order chi connectivity index (χ0) is 20.4. The summed E-state index contributed by atoms with van der Waals surface area (Å²) in [5.41, 5.74) is 4.42. The minimum absolute atomic E-state index is 0.147. The van der Waals surface area contributed by atoms with Crippen molar-refractivity contribution in [2.75, 3.05) is 11.9 Å². The Morgan fingerprint density at radius 1 is 1.33 bits per heavy atom. The molecule has 0 saturated carbocycles. The Morgan fingerprint density at radius 2 is 2.04 bits per heavy atom. The molecule has 0 atom stereocenters. The van der Waals surface area contributed by atoms with Crippen molar-refractivity contribution in [2.45, 2.75) is 54.4 Å². The van der Waals surface area contributed by atoms with Crippen molar-refractivity contribution in [1.82, 2.24) is 5.32 Å². The molecule has 0 unspecified atom stereocenters. The molecule has 1 rings (SSSR count). The maximum absolute atomic E-state index is 10.7. The van der Waals surface area contributed by atoms with Crippen molar-refractivity contribution in [3.8, 4) is 0 Å². The van der Waals surface area contributed by atoms with E-state index in [1.165, 1.54) is 0 Å². The lowest BCUT2D eigenvalue weighted by Gasteiger charge is -2.21. The number of hydrogen-bond acceptors (Lipinski definition) is 4. The fourth-order valence-corrected chi connectivity index (χ4v) is 2.33. The molecule has 0 aromatic heterocycles. The van der Waals surface area contributed by atoms with Gasteiger partial charge in [0.05, 0.1) is 11.4 Å². The number of oxime groups is 1. The number of nitrogens with zero attached hydrogens (tertiary/aromatic N) is 1. The molecule has 0 bridgehead atoms. The normalized spacial score (nSPS) is 12.5. The molecular formula is C22H33N3O2. The van der Waals surface area contributed by atoms with Gasteiger partial charge in [-0.1, -0.05) is 58.0 Å². The fraction of sp³-hybridized carbons (Fsp3) is 0.455. The van der Waals surface area contributed by atoms with Crippen molar-refractivity contribution in [3.63, 3.8) is 0 Å². The summed E-state index contributed by atoms with van der Waals surface area (Å²) in [6, 6.07) is 5.66. The highest BCUT2D eigenvalue weighted by Gasteiger charge is 2.13. The summed E-state index contributed by atoms with van der Waals surface area (Å²) in [5.74, 6) is 0.492. The number of carbonyl (C=O) groups excluding carboxylic acids is 1. The second-order valence-corrected chi connectivity index (χ2v) is 7.80. The smallest absolute Gasteiger partial charge is 0.211 e. The number of carbonyl (C=O) groups is 1. The molecule has 1 amide bonds. The molecule has 0 radical (unpaired) electrons. The van der Waals surface area contributed by atoms with Gasteiger partial charge in [0.25, 0.3) is 0 Å². The van der Waals surface area contributed by atoms with E-state index in [0.29, 0.717) is 23.6 Å². The molecule has 1 aromatic rings. The summed E-state index contributed by atoms with van der Waals surface area (Å²) >= 11 is 0. The van der Waals surface area contributed by atoms with Crippen LogP contribution in [0.25, 0.3) is 0 Å². The fourth-order valence-electron chi connectivity index (χ4n) is 2.33. The molecule has 2 N–H and O–H groups in total. The summed E-state index contributed by atoms with van der Waals surface area (Å²) in [6.45, 7) is 17.4. The Bertz CT molecular complexity index is 713. The maximum Gasteiger partial charge on any atom is 0.211 e. The van der Waals surface area contributed by atoms with E-state index in [1.807, 2.05) is 32.0 Å². The quantitative estimate of drug-likeness (QED) is 0.197. The Labute approximate surface area is 163 Å². The second-order valence-electron chi connectivity index (χ2n) is 7.80. The van der Waals surface area contributed by atoms with Gasteiger partial charge < -0.3 is 15.5 Å². The van der Waals surface area contributed by atoms with Gasteiger partial charge in [-0.15, -0.1) is 0 Å². The van der Waals surface area contributed by atoms with Crippen LogP contribution in [0.2, 0.25) is 0 Å². The average molecular weight is 372 g/mol. The van der Waals surface area contributed by atoms with Gasteiger partial charge in [-0.05, 0) is 43.4 Å². The van der Waals surface area contributed by atoms with Crippen molar-refractivity contribution in [2.24, 2.45) is 10.6 Å². The lowest BCUT2D eigenvalue weighted by atomic mass is 9.97.